The lowest BCUT2D eigenvalue weighted by Gasteiger charge is -2.19. The third-order valence-corrected chi connectivity index (χ3v) is 4.85. The summed E-state index contributed by atoms with van der Waals surface area (Å²) in [4.78, 5) is 25.2. The predicted molar refractivity (Wildman–Crippen MR) is 76.0 cm³/mol. The number of fused-ring (bicyclic) bond motifs is 1. The van der Waals surface area contributed by atoms with Gasteiger partial charge >= 0.3 is 5.97 Å². The SMILES string of the molecule is CCC(C)C(NC(=O)c1cc2c(s1)CCOC2)C(=O)O. The summed E-state index contributed by atoms with van der Waals surface area (Å²) < 4.78 is 5.34. The van der Waals surface area contributed by atoms with Crippen LogP contribution in [0.2, 0.25) is 0 Å². The Bertz CT molecular complexity index is 488. The number of ether oxygens (including phenoxy) is 1. The van der Waals surface area contributed by atoms with Crippen LogP contribution in [0.5, 0.6) is 0 Å². The van der Waals surface area contributed by atoms with Crippen molar-refractivity contribution in [2.75, 3.05) is 6.61 Å². The summed E-state index contributed by atoms with van der Waals surface area (Å²) in [5, 5.41) is 11.8. The number of rotatable bonds is 5. The molecule has 2 heterocycles. The van der Waals surface area contributed by atoms with Gasteiger partial charge in [-0.15, -0.1) is 11.3 Å². The minimum atomic E-state index is -0.989. The van der Waals surface area contributed by atoms with E-state index in [0.717, 1.165) is 16.9 Å². The fourth-order valence-corrected chi connectivity index (χ4v) is 3.21. The first-order valence-electron chi connectivity index (χ1n) is 6.76. The topological polar surface area (TPSA) is 75.6 Å². The maximum absolute atomic E-state index is 12.2. The lowest BCUT2D eigenvalue weighted by molar-refractivity contribution is -0.140. The Morgan fingerprint density at radius 3 is 2.90 bits per heavy atom. The molecule has 2 unspecified atom stereocenters. The van der Waals surface area contributed by atoms with Gasteiger partial charge in [-0.25, -0.2) is 4.79 Å². The van der Waals surface area contributed by atoms with Crippen LogP contribution in [0.3, 0.4) is 0 Å². The van der Waals surface area contributed by atoms with Crippen LogP contribution in [-0.2, 0) is 22.6 Å². The average molecular weight is 297 g/mol. The van der Waals surface area contributed by atoms with E-state index in [1.165, 1.54) is 11.3 Å². The number of carboxylic acid groups (broad SMARTS) is 1. The number of hydrogen-bond acceptors (Lipinski definition) is 4. The van der Waals surface area contributed by atoms with Crippen LogP contribution in [0.25, 0.3) is 0 Å². The molecule has 1 amide bonds. The van der Waals surface area contributed by atoms with Crippen LogP contribution in [0.4, 0.5) is 0 Å². The number of thiophene rings is 1. The zero-order chi connectivity index (χ0) is 14.7. The van der Waals surface area contributed by atoms with Crippen molar-refractivity contribution in [3.63, 3.8) is 0 Å². The number of amides is 1. The van der Waals surface area contributed by atoms with Crippen molar-refractivity contribution in [1.82, 2.24) is 5.32 Å². The van der Waals surface area contributed by atoms with Crippen LogP contribution < -0.4 is 5.32 Å². The molecular formula is C14H19NO4S. The summed E-state index contributed by atoms with van der Waals surface area (Å²) in [7, 11) is 0. The molecule has 0 spiro atoms. The number of carboxylic acids is 1. The third kappa shape index (κ3) is 3.19. The molecule has 2 N–H and O–H groups in total. The molecule has 0 saturated heterocycles. The van der Waals surface area contributed by atoms with E-state index in [4.69, 9.17) is 4.74 Å². The molecule has 0 bridgehead atoms. The molecule has 20 heavy (non-hydrogen) atoms. The van der Waals surface area contributed by atoms with Crippen molar-refractivity contribution in [2.24, 2.45) is 5.92 Å². The normalized spacial score (nSPS) is 17.1. The smallest absolute Gasteiger partial charge is 0.326 e. The number of nitrogens with one attached hydrogen (secondary N) is 1. The van der Waals surface area contributed by atoms with Gasteiger partial charge in [0.15, 0.2) is 0 Å². The summed E-state index contributed by atoms with van der Waals surface area (Å²) in [6.45, 7) is 4.95. The quantitative estimate of drug-likeness (QED) is 0.872. The van der Waals surface area contributed by atoms with Gasteiger partial charge in [-0.05, 0) is 17.5 Å². The van der Waals surface area contributed by atoms with E-state index in [1.807, 2.05) is 19.9 Å². The highest BCUT2D eigenvalue weighted by atomic mass is 32.1. The van der Waals surface area contributed by atoms with Crippen LogP contribution in [0.1, 0.15) is 40.4 Å². The van der Waals surface area contributed by atoms with E-state index in [0.29, 0.717) is 24.5 Å². The molecule has 0 radical (unpaired) electrons. The molecule has 1 aromatic rings. The van der Waals surface area contributed by atoms with Crippen molar-refractivity contribution in [1.29, 1.82) is 0 Å². The lowest BCUT2D eigenvalue weighted by atomic mass is 9.99. The van der Waals surface area contributed by atoms with Gasteiger partial charge in [0.25, 0.3) is 5.91 Å². The van der Waals surface area contributed by atoms with Gasteiger partial charge in [0.2, 0.25) is 0 Å². The second-order valence-corrected chi connectivity index (χ2v) is 6.17. The molecule has 110 valence electrons. The molecule has 1 aromatic heterocycles. The predicted octanol–water partition coefficient (Wildman–Crippen LogP) is 2.05. The van der Waals surface area contributed by atoms with Crippen LogP contribution in [0.15, 0.2) is 6.07 Å². The highest BCUT2D eigenvalue weighted by Crippen LogP contribution is 2.27. The Morgan fingerprint density at radius 1 is 1.55 bits per heavy atom. The third-order valence-electron chi connectivity index (χ3n) is 3.62. The Kier molecular flexibility index (Phi) is 4.77. The molecule has 0 aromatic carbocycles. The van der Waals surface area contributed by atoms with E-state index < -0.39 is 12.0 Å². The van der Waals surface area contributed by atoms with Gasteiger partial charge < -0.3 is 15.2 Å². The summed E-state index contributed by atoms with van der Waals surface area (Å²) in [5.74, 6) is -1.40. The number of hydrogen-bond donors (Lipinski definition) is 2. The summed E-state index contributed by atoms with van der Waals surface area (Å²) in [6, 6.07) is 0.965. The molecule has 6 heteroatoms. The second kappa shape index (κ2) is 6.37. The van der Waals surface area contributed by atoms with Gasteiger partial charge in [-0.1, -0.05) is 20.3 Å². The standard InChI is InChI=1S/C14H19NO4S/c1-3-8(2)12(14(17)18)15-13(16)11-6-9-7-19-5-4-10(9)20-11/h6,8,12H,3-5,7H2,1-2H3,(H,15,16)(H,17,18). The molecule has 0 aliphatic carbocycles. The first kappa shape index (κ1) is 15.0. The van der Waals surface area contributed by atoms with Crippen molar-refractivity contribution in [3.05, 3.63) is 21.4 Å². The van der Waals surface area contributed by atoms with E-state index in [1.54, 1.807) is 0 Å². The van der Waals surface area contributed by atoms with Crippen molar-refractivity contribution in [3.8, 4) is 0 Å². The highest BCUT2D eigenvalue weighted by molar-refractivity contribution is 7.14. The first-order chi connectivity index (χ1) is 9.52. The van der Waals surface area contributed by atoms with Crippen molar-refractivity contribution in [2.45, 2.75) is 39.3 Å². The van der Waals surface area contributed by atoms with Gasteiger partial charge in [0.1, 0.15) is 6.04 Å². The molecule has 5 nitrogen and oxygen atoms in total. The average Bonchev–Trinajstić information content (AvgIpc) is 2.87. The number of aliphatic carboxylic acids is 1. The molecule has 1 aliphatic heterocycles. The van der Waals surface area contributed by atoms with Crippen molar-refractivity contribution >= 4 is 23.2 Å². The fraction of sp³-hybridized carbons (Fsp3) is 0.571. The Morgan fingerprint density at radius 2 is 2.30 bits per heavy atom. The van der Waals surface area contributed by atoms with E-state index >= 15 is 0 Å². The number of carbonyl (C=O) groups is 2. The monoisotopic (exact) mass is 297 g/mol. The Labute approximate surface area is 121 Å². The van der Waals surface area contributed by atoms with E-state index in [-0.39, 0.29) is 11.8 Å². The zero-order valence-corrected chi connectivity index (χ0v) is 12.5. The summed E-state index contributed by atoms with van der Waals surface area (Å²) >= 11 is 1.43. The fourth-order valence-electron chi connectivity index (χ4n) is 2.15. The van der Waals surface area contributed by atoms with E-state index in [2.05, 4.69) is 5.32 Å². The van der Waals surface area contributed by atoms with Gasteiger partial charge in [0.05, 0.1) is 18.1 Å². The van der Waals surface area contributed by atoms with Crippen molar-refractivity contribution < 1.29 is 19.4 Å². The molecule has 0 saturated carbocycles. The highest BCUT2D eigenvalue weighted by Gasteiger charge is 2.27. The van der Waals surface area contributed by atoms with Crippen LogP contribution in [-0.4, -0.2) is 29.6 Å². The largest absolute Gasteiger partial charge is 0.480 e. The second-order valence-electron chi connectivity index (χ2n) is 5.04. The maximum atomic E-state index is 12.2. The lowest BCUT2D eigenvalue weighted by Crippen LogP contribution is -2.44. The molecule has 1 aliphatic rings. The molecule has 0 fully saturated rings. The van der Waals surface area contributed by atoms with Gasteiger partial charge in [-0.3, -0.25) is 4.79 Å². The Balaban J connectivity index is 2.10. The minimum absolute atomic E-state index is 0.102. The zero-order valence-electron chi connectivity index (χ0n) is 11.6. The van der Waals surface area contributed by atoms with Crippen LogP contribution >= 0.6 is 11.3 Å². The van der Waals surface area contributed by atoms with E-state index in [9.17, 15) is 14.7 Å². The Hall–Kier alpha value is -1.40. The van der Waals surface area contributed by atoms with Gasteiger partial charge in [-0.2, -0.15) is 0 Å². The summed E-state index contributed by atoms with van der Waals surface area (Å²) in [5.41, 5.74) is 1.04. The molecular weight excluding hydrogens is 278 g/mol. The minimum Gasteiger partial charge on any atom is -0.480 e. The maximum Gasteiger partial charge on any atom is 0.326 e. The number of carbonyl (C=O) groups excluding carboxylic acids is 1. The summed E-state index contributed by atoms with van der Waals surface area (Å²) in [6.07, 6.45) is 1.52. The first-order valence-corrected chi connectivity index (χ1v) is 7.57. The van der Waals surface area contributed by atoms with Crippen LogP contribution in [0, 0.1) is 5.92 Å². The molecule has 2 atom stereocenters. The molecule has 2 rings (SSSR count). The van der Waals surface area contributed by atoms with Gasteiger partial charge in [0, 0.05) is 11.3 Å².